The predicted octanol–water partition coefficient (Wildman–Crippen LogP) is 2.85. The van der Waals surface area contributed by atoms with Crippen molar-refractivity contribution in [3.05, 3.63) is 36.0 Å². The highest BCUT2D eigenvalue weighted by atomic mass is 16.5. The van der Waals surface area contributed by atoms with E-state index in [4.69, 9.17) is 4.74 Å². The van der Waals surface area contributed by atoms with Crippen LogP contribution in [0.5, 0.6) is 0 Å². The topological polar surface area (TPSA) is 49.7 Å². The van der Waals surface area contributed by atoms with E-state index in [-0.39, 0.29) is 29.1 Å². The van der Waals surface area contributed by atoms with Crippen LogP contribution in [0.3, 0.4) is 0 Å². The summed E-state index contributed by atoms with van der Waals surface area (Å²) in [6.45, 7) is 4.55. The van der Waals surface area contributed by atoms with E-state index in [2.05, 4.69) is 32.1 Å². The van der Waals surface area contributed by atoms with Gasteiger partial charge in [-0.1, -0.05) is 49.8 Å². The van der Waals surface area contributed by atoms with E-state index >= 15 is 0 Å². The van der Waals surface area contributed by atoms with E-state index in [1.165, 1.54) is 5.57 Å². The van der Waals surface area contributed by atoms with Crippen LogP contribution < -0.4 is 0 Å². The van der Waals surface area contributed by atoms with Crippen molar-refractivity contribution < 1.29 is 14.9 Å². The number of allylic oxidation sites excluding steroid dienone is 2. The van der Waals surface area contributed by atoms with Crippen molar-refractivity contribution >= 4 is 0 Å². The molecule has 126 valence electrons. The summed E-state index contributed by atoms with van der Waals surface area (Å²) in [5, 5.41) is 20.5. The van der Waals surface area contributed by atoms with Crippen LogP contribution in [-0.4, -0.2) is 35.6 Å². The summed E-state index contributed by atoms with van der Waals surface area (Å²) >= 11 is 0. The lowest BCUT2D eigenvalue weighted by molar-refractivity contribution is -0.0911. The largest absolute Gasteiger partial charge is 0.389 e. The molecule has 0 aromatic heterocycles. The van der Waals surface area contributed by atoms with Crippen molar-refractivity contribution in [1.82, 2.24) is 0 Å². The zero-order chi connectivity index (χ0) is 16.4. The molecule has 4 aliphatic rings. The van der Waals surface area contributed by atoms with Gasteiger partial charge >= 0.3 is 0 Å². The molecule has 0 heterocycles. The molecule has 0 spiro atoms. The van der Waals surface area contributed by atoms with E-state index in [0.29, 0.717) is 17.8 Å². The minimum atomic E-state index is -0.370. The predicted molar refractivity (Wildman–Crippen MR) is 89.7 cm³/mol. The third kappa shape index (κ3) is 2.00. The van der Waals surface area contributed by atoms with Gasteiger partial charge in [-0.2, -0.15) is 0 Å². The minimum absolute atomic E-state index is 0.0155. The summed E-state index contributed by atoms with van der Waals surface area (Å²) in [4.78, 5) is 0. The first-order chi connectivity index (χ1) is 10.9. The lowest BCUT2D eigenvalue weighted by Crippen LogP contribution is -2.54. The van der Waals surface area contributed by atoms with Gasteiger partial charge in [-0.05, 0) is 37.0 Å². The maximum Gasteiger partial charge on any atom is 0.0792 e. The molecular weight excluding hydrogens is 288 g/mol. The molecule has 0 aromatic carbocycles. The second-order valence-electron chi connectivity index (χ2n) is 8.39. The average Bonchev–Trinajstić information content (AvgIpc) is 2.83. The van der Waals surface area contributed by atoms with Gasteiger partial charge in [-0.15, -0.1) is 0 Å². The van der Waals surface area contributed by atoms with Crippen molar-refractivity contribution in [3.8, 4) is 0 Å². The smallest absolute Gasteiger partial charge is 0.0792 e. The van der Waals surface area contributed by atoms with Crippen LogP contribution in [0, 0.1) is 28.6 Å². The van der Waals surface area contributed by atoms with Crippen LogP contribution in [-0.2, 0) is 4.74 Å². The maximum atomic E-state index is 10.5. The molecule has 4 rings (SSSR count). The van der Waals surface area contributed by atoms with Crippen molar-refractivity contribution in [2.24, 2.45) is 28.6 Å². The molecule has 1 fully saturated rings. The Bertz CT molecular complexity index is 592. The highest BCUT2D eigenvalue weighted by molar-refractivity contribution is 5.36. The third-order valence-electron chi connectivity index (χ3n) is 7.38. The van der Waals surface area contributed by atoms with Gasteiger partial charge in [0.05, 0.1) is 18.3 Å². The Morgan fingerprint density at radius 2 is 1.96 bits per heavy atom. The lowest BCUT2D eigenvalue weighted by Gasteiger charge is -2.57. The molecule has 3 unspecified atom stereocenters. The van der Waals surface area contributed by atoms with E-state index in [1.807, 2.05) is 12.2 Å². The van der Waals surface area contributed by atoms with Crippen molar-refractivity contribution in [3.63, 3.8) is 0 Å². The molecule has 23 heavy (non-hydrogen) atoms. The fourth-order valence-corrected chi connectivity index (χ4v) is 5.86. The first-order valence-electron chi connectivity index (χ1n) is 8.88. The Morgan fingerprint density at radius 3 is 2.70 bits per heavy atom. The normalized spacial score (nSPS) is 54.2. The molecule has 0 aliphatic heterocycles. The maximum absolute atomic E-state index is 10.5. The number of rotatable bonds is 1. The summed E-state index contributed by atoms with van der Waals surface area (Å²) in [6.07, 6.45) is 12.9. The fourth-order valence-electron chi connectivity index (χ4n) is 5.86. The Morgan fingerprint density at radius 1 is 1.17 bits per heavy atom. The Hall–Kier alpha value is -0.900. The highest BCUT2D eigenvalue weighted by Crippen LogP contribution is 2.62. The minimum Gasteiger partial charge on any atom is -0.389 e. The van der Waals surface area contributed by atoms with Gasteiger partial charge in [0, 0.05) is 17.9 Å². The molecule has 0 radical (unpaired) electrons. The van der Waals surface area contributed by atoms with E-state index in [9.17, 15) is 10.2 Å². The summed E-state index contributed by atoms with van der Waals surface area (Å²) in [5.41, 5.74) is 1.28. The van der Waals surface area contributed by atoms with E-state index in [0.717, 1.165) is 19.3 Å². The molecule has 3 nitrogen and oxygen atoms in total. The standard InChI is InChI=1S/C20H28O3/c1-19-8-6-13(21)10-12(19)11-16(23-3)18-14-4-5-17(22)20(14,2)9-7-15(18)19/h4-6,8,11,13-18,21-22H,7,9-10H2,1-3H3/t13?,14-,15+,16?,17?,18-,19-,20-/m0/s1. The average molecular weight is 316 g/mol. The second kappa shape index (κ2) is 5.05. The molecule has 4 aliphatic carbocycles. The van der Waals surface area contributed by atoms with Gasteiger partial charge in [0.15, 0.2) is 0 Å². The molecular formula is C20H28O3. The van der Waals surface area contributed by atoms with Crippen molar-refractivity contribution in [2.45, 2.75) is 51.4 Å². The zero-order valence-electron chi connectivity index (χ0n) is 14.3. The number of hydrogen-bond donors (Lipinski definition) is 2. The van der Waals surface area contributed by atoms with E-state index in [1.54, 1.807) is 7.11 Å². The molecule has 0 saturated heterocycles. The van der Waals surface area contributed by atoms with Gasteiger partial charge in [0.25, 0.3) is 0 Å². The summed E-state index contributed by atoms with van der Waals surface area (Å²) in [7, 11) is 1.79. The number of aliphatic hydroxyl groups is 2. The third-order valence-corrected chi connectivity index (χ3v) is 7.38. The summed E-state index contributed by atoms with van der Waals surface area (Å²) in [5.74, 6) is 1.25. The molecule has 0 bridgehead atoms. The van der Waals surface area contributed by atoms with Crippen molar-refractivity contribution in [2.75, 3.05) is 7.11 Å². The van der Waals surface area contributed by atoms with Crippen LogP contribution in [0.25, 0.3) is 0 Å². The van der Waals surface area contributed by atoms with Gasteiger partial charge in [-0.25, -0.2) is 0 Å². The zero-order valence-corrected chi connectivity index (χ0v) is 14.3. The molecule has 0 amide bonds. The molecule has 3 heteroatoms. The Labute approximate surface area is 138 Å². The first kappa shape index (κ1) is 15.6. The summed E-state index contributed by atoms with van der Waals surface area (Å²) in [6, 6.07) is 0. The lowest BCUT2D eigenvalue weighted by atomic mass is 9.48. The number of methoxy groups -OCH3 is 1. The Balaban J connectivity index is 1.79. The van der Waals surface area contributed by atoms with Crippen LogP contribution in [0.15, 0.2) is 36.0 Å². The van der Waals surface area contributed by atoms with Gasteiger partial charge < -0.3 is 14.9 Å². The molecule has 2 N–H and O–H groups in total. The molecule has 1 saturated carbocycles. The quantitative estimate of drug-likeness (QED) is 0.731. The van der Waals surface area contributed by atoms with Gasteiger partial charge in [-0.3, -0.25) is 0 Å². The van der Waals surface area contributed by atoms with Crippen LogP contribution in [0.2, 0.25) is 0 Å². The Kier molecular flexibility index (Phi) is 3.43. The van der Waals surface area contributed by atoms with Crippen LogP contribution in [0.4, 0.5) is 0 Å². The summed E-state index contributed by atoms with van der Waals surface area (Å²) < 4.78 is 5.88. The van der Waals surface area contributed by atoms with Crippen molar-refractivity contribution in [1.29, 1.82) is 0 Å². The first-order valence-corrected chi connectivity index (χ1v) is 8.88. The van der Waals surface area contributed by atoms with Gasteiger partial charge in [0.2, 0.25) is 0 Å². The fraction of sp³-hybridized carbons (Fsp3) is 0.700. The number of ether oxygens (including phenoxy) is 1. The van der Waals surface area contributed by atoms with Crippen LogP contribution in [0.1, 0.15) is 33.1 Å². The van der Waals surface area contributed by atoms with Crippen LogP contribution >= 0.6 is 0 Å². The monoisotopic (exact) mass is 316 g/mol. The molecule has 8 atom stereocenters. The van der Waals surface area contributed by atoms with E-state index < -0.39 is 0 Å². The number of hydrogen-bond acceptors (Lipinski definition) is 3. The highest BCUT2D eigenvalue weighted by Gasteiger charge is 2.58. The number of aliphatic hydroxyl groups excluding tert-OH is 2. The SMILES string of the molecule is COC1C=C2CC(O)C=C[C@]2(C)[C@@H]2CC[C@]3(C)C(O)C=C[C@H]3[C@H]12. The number of fused-ring (bicyclic) bond motifs is 5. The van der Waals surface area contributed by atoms with Gasteiger partial charge in [0.1, 0.15) is 0 Å². The second-order valence-corrected chi connectivity index (χ2v) is 8.39. The molecule has 0 aromatic rings.